The maximum absolute atomic E-state index is 12.2. The van der Waals surface area contributed by atoms with Crippen molar-refractivity contribution in [2.24, 2.45) is 0 Å². The highest BCUT2D eigenvalue weighted by Crippen LogP contribution is 2.17. The summed E-state index contributed by atoms with van der Waals surface area (Å²) >= 11 is 5.75. The third-order valence-corrected chi connectivity index (χ3v) is 3.04. The van der Waals surface area contributed by atoms with Crippen LogP contribution in [0.4, 0.5) is 5.69 Å². The zero-order valence-electron chi connectivity index (χ0n) is 10.6. The minimum Gasteiger partial charge on any atom is -0.397 e. The predicted molar refractivity (Wildman–Crippen MR) is 77.4 cm³/mol. The molecule has 0 aliphatic carbocycles. The third-order valence-electron chi connectivity index (χ3n) is 2.84. The van der Waals surface area contributed by atoms with Gasteiger partial charge in [-0.15, -0.1) is 0 Å². The molecule has 104 valence electrons. The number of nitrogen functional groups attached to an aromatic ring is 1. The molecule has 0 aliphatic heterocycles. The van der Waals surface area contributed by atoms with Crippen molar-refractivity contribution in [1.82, 2.24) is 10.3 Å². The van der Waals surface area contributed by atoms with Gasteiger partial charge in [0.15, 0.2) is 0 Å². The van der Waals surface area contributed by atoms with Crippen LogP contribution in [0.3, 0.4) is 0 Å². The summed E-state index contributed by atoms with van der Waals surface area (Å²) in [5, 5.41) is 12.3. The topological polar surface area (TPSA) is 88.2 Å². The molecule has 1 amide bonds. The van der Waals surface area contributed by atoms with Crippen molar-refractivity contribution in [3.05, 3.63) is 58.9 Å². The molecule has 0 saturated heterocycles. The minimum absolute atomic E-state index is 0.185. The number of hydrogen-bond acceptors (Lipinski definition) is 4. The Bertz CT molecular complexity index is 605. The Morgan fingerprint density at radius 2 is 2.10 bits per heavy atom. The first-order valence-electron chi connectivity index (χ1n) is 5.99. The van der Waals surface area contributed by atoms with Crippen molar-refractivity contribution in [2.45, 2.75) is 6.04 Å². The van der Waals surface area contributed by atoms with Crippen molar-refractivity contribution < 1.29 is 9.90 Å². The van der Waals surface area contributed by atoms with E-state index < -0.39 is 11.9 Å². The maximum Gasteiger partial charge on any atom is 0.254 e. The second kappa shape index (κ2) is 6.36. The van der Waals surface area contributed by atoms with Crippen molar-refractivity contribution >= 4 is 23.2 Å². The number of nitrogens with two attached hydrogens (primary N) is 1. The number of aromatic nitrogens is 1. The number of carbonyl (C=O) groups excluding carboxylic acids is 1. The van der Waals surface area contributed by atoms with Crippen LogP contribution in [0.1, 0.15) is 22.0 Å². The highest BCUT2D eigenvalue weighted by Gasteiger charge is 2.17. The molecule has 1 heterocycles. The van der Waals surface area contributed by atoms with Gasteiger partial charge in [0.05, 0.1) is 30.1 Å². The third kappa shape index (κ3) is 3.26. The van der Waals surface area contributed by atoms with Crippen molar-refractivity contribution in [3.8, 4) is 0 Å². The highest BCUT2D eigenvalue weighted by atomic mass is 35.5. The van der Waals surface area contributed by atoms with E-state index in [1.54, 1.807) is 0 Å². The van der Waals surface area contributed by atoms with Gasteiger partial charge in [0.2, 0.25) is 0 Å². The zero-order chi connectivity index (χ0) is 14.5. The van der Waals surface area contributed by atoms with Gasteiger partial charge in [-0.2, -0.15) is 0 Å². The smallest absolute Gasteiger partial charge is 0.254 e. The van der Waals surface area contributed by atoms with Crippen LogP contribution < -0.4 is 11.1 Å². The van der Waals surface area contributed by atoms with Crippen molar-refractivity contribution in [1.29, 1.82) is 0 Å². The van der Waals surface area contributed by atoms with Gasteiger partial charge in [-0.25, -0.2) is 4.98 Å². The van der Waals surface area contributed by atoms with Crippen LogP contribution in [0.25, 0.3) is 0 Å². The predicted octanol–water partition coefficient (Wildman–Crippen LogP) is 1.78. The van der Waals surface area contributed by atoms with Gasteiger partial charge >= 0.3 is 0 Å². The van der Waals surface area contributed by atoms with Gasteiger partial charge in [-0.1, -0.05) is 41.9 Å². The lowest BCUT2D eigenvalue weighted by Gasteiger charge is -2.17. The first kappa shape index (κ1) is 14.3. The van der Waals surface area contributed by atoms with Crippen molar-refractivity contribution in [3.63, 3.8) is 0 Å². The molecule has 0 aliphatic rings. The number of amides is 1. The van der Waals surface area contributed by atoms with E-state index in [0.29, 0.717) is 0 Å². The SMILES string of the molecule is Nc1cnc(Cl)cc1C(=O)NC(CO)c1ccccc1. The maximum atomic E-state index is 12.2. The molecule has 0 bridgehead atoms. The van der Waals surface area contributed by atoms with E-state index in [2.05, 4.69) is 10.3 Å². The number of carbonyl (C=O) groups is 1. The number of halogens is 1. The van der Waals surface area contributed by atoms with Gasteiger partial charge in [0.1, 0.15) is 5.15 Å². The largest absolute Gasteiger partial charge is 0.397 e. The Labute approximate surface area is 121 Å². The number of hydrogen-bond donors (Lipinski definition) is 3. The first-order chi connectivity index (χ1) is 9.61. The van der Waals surface area contributed by atoms with Gasteiger partial charge in [-0.05, 0) is 11.6 Å². The Morgan fingerprint density at radius 1 is 1.40 bits per heavy atom. The summed E-state index contributed by atoms with van der Waals surface area (Å²) in [6.07, 6.45) is 1.33. The fraction of sp³-hybridized carbons (Fsp3) is 0.143. The molecule has 6 heteroatoms. The molecule has 1 unspecified atom stereocenters. The molecule has 2 rings (SSSR count). The quantitative estimate of drug-likeness (QED) is 0.749. The number of rotatable bonds is 4. The second-order valence-corrected chi connectivity index (χ2v) is 4.60. The molecule has 1 aromatic heterocycles. The summed E-state index contributed by atoms with van der Waals surface area (Å²) in [5.41, 5.74) is 6.98. The molecule has 0 fully saturated rings. The average Bonchev–Trinajstić information content (AvgIpc) is 2.48. The Kier molecular flexibility index (Phi) is 4.55. The molecular formula is C14H14ClN3O2. The van der Waals surface area contributed by atoms with Crippen LogP contribution in [0, 0.1) is 0 Å². The Balaban J connectivity index is 2.20. The van der Waals surface area contributed by atoms with Gasteiger partial charge in [0.25, 0.3) is 5.91 Å². The number of nitrogens with zero attached hydrogens (tertiary/aromatic N) is 1. The fourth-order valence-corrected chi connectivity index (χ4v) is 1.95. The molecular weight excluding hydrogens is 278 g/mol. The molecule has 0 saturated carbocycles. The van der Waals surface area contributed by atoms with E-state index in [1.807, 2.05) is 30.3 Å². The number of benzene rings is 1. The Morgan fingerprint density at radius 3 is 2.75 bits per heavy atom. The van der Waals surface area contributed by atoms with Gasteiger partial charge in [-0.3, -0.25) is 4.79 Å². The molecule has 4 N–H and O–H groups in total. The standard InChI is InChI=1S/C14H14ClN3O2/c15-13-6-10(11(16)7-17-13)14(20)18-12(8-19)9-4-2-1-3-5-9/h1-7,12,19H,8,16H2,(H,18,20). The second-order valence-electron chi connectivity index (χ2n) is 4.21. The lowest BCUT2D eigenvalue weighted by molar-refractivity contribution is 0.0917. The number of pyridine rings is 1. The van der Waals surface area contributed by atoms with E-state index in [0.717, 1.165) is 5.56 Å². The monoisotopic (exact) mass is 291 g/mol. The molecule has 0 spiro atoms. The molecule has 5 nitrogen and oxygen atoms in total. The summed E-state index contributed by atoms with van der Waals surface area (Å²) in [6.45, 7) is -0.214. The lowest BCUT2D eigenvalue weighted by atomic mass is 10.1. The van der Waals surface area contributed by atoms with Gasteiger partial charge < -0.3 is 16.2 Å². The Hall–Kier alpha value is -2.11. The summed E-state index contributed by atoms with van der Waals surface area (Å²) in [5.74, 6) is -0.408. The van der Waals surface area contributed by atoms with Gasteiger partial charge in [0, 0.05) is 0 Å². The molecule has 20 heavy (non-hydrogen) atoms. The van der Waals surface area contributed by atoms with Crippen LogP contribution in [0.2, 0.25) is 5.15 Å². The summed E-state index contributed by atoms with van der Waals surface area (Å²) in [6, 6.07) is 10.1. The number of aliphatic hydroxyl groups excluding tert-OH is 1. The van der Waals surface area contributed by atoms with Crippen LogP contribution >= 0.6 is 11.6 Å². The van der Waals surface area contributed by atoms with E-state index in [9.17, 15) is 9.90 Å². The molecule has 0 radical (unpaired) electrons. The van der Waals surface area contributed by atoms with E-state index in [1.165, 1.54) is 12.3 Å². The molecule has 1 aromatic carbocycles. The molecule has 1 atom stereocenters. The van der Waals surface area contributed by atoms with Crippen LogP contribution in [0.15, 0.2) is 42.6 Å². The zero-order valence-corrected chi connectivity index (χ0v) is 11.3. The normalized spacial score (nSPS) is 11.9. The van der Waals surface area contributed by atoms with Crippen LogP contribution in [-0.4, -0.2) is 22.6 Å². The fourth-order valence-electron chi connectivity index (χ4n) is 1.79. The summed E-state index contributed by atoms with van der Waals surface area (Å²) in [7, 11) is 0. The minimum atomic E-state index is -0.505. The van der Waals surface area contributed by atoms with E-state index in [-0.39, 0.29) is 23.0 Å². The number of anilines is 1. The molecule has 2 aromatic rings. The van der Waals surface area contributed by atoms with Crippen LogP contribution in [0.5, 0.6) is 0 Å². The number of aliphatic hydroxyl groups is 1. The van der Waals surface area contributed by atoms with Crippen LogP contribution in [-0.2, 0) is 0 Å². The highest BCUT2D eigenvalue weighted by molar-refractivity contribution is 6.29. The first-order valence-corrected chi connectivity index (χ1v) is 6.37. The van der Waals surface area contributed by atoms with Crippen molar-refractivity contribution in [2.75, 3.05) is 12.3 Å². The lowest BCUT2D eigenvalue weighted by Crippen LogP contribution is -2.31. The van der Waals surface area contributed by atoms with E-state index >= 15 is 0 Å². The summed E-state index contributed by atoms with van der Waals surface area (Å²) < 4.78 is 0. The summed E-state index contributed by atoms with van der Waals surface area (Å²) in [4.78, 5) is 16.0. The average molecular weight is 292 g/mol. The number of nitrogens with one attached hydrogen (secondary N) is 1. The van der Waals surface area contributed by atoms with E-state index in [4.69, 9.17) is 17.3 Å².